The lowest BCUT2D eigenvalue weighted by Gasteiger charge is -2.19. The van der Waals surface area contributed by atoms with Crippen molar-refractivity contribution >= 4 is 23.2 Å². The fourth-order valence-electron chi connectivity index (χ4n) is 3.20. The molecule has 0 fully saturated rings. The first kappa shape index (κ1) is 19.6. The van der Waals surface area contributed by atoms with Gasteiger partial charge in [0.25, 0.3) is 5.91 Å². The van der Waals surface area contributed by atoms with E-state index in [0.29, 0.717) is 23.6 Å². The molecular formula is C24H25N5O. The Morgan fingerprint density at radius 1 is 1.00 bits per heavy atom. The van der Waals surface area contributed by atoms with E-state index in [-0.39, 0.29) is 11.3 Å². The van der Waals surface area contributed by atoms with E-state index in [2.05, 4.69) is 53.6 Å². The van der Waals surface area contributed by atoms with E-state index in [1.54, 1.807) is 16.8 Å². The summed E-state index contributed by atoms with van der Waals surface area (Å²) in [6.07, 6.45) is 1.69. The van der Waals surface area contributed by atoms with Crippen molar-refractivity contribution in [3.63, 3.8) is 0 Å². The SMILES string of the molecule is CC(C)(C)c1ccc(C(=O)Nc2cc(NCc3ccccc3)n3nccc3n2)cc1. The van der Waals surface area contributed by atoms with Crippen LogP contribution in [-0.4, -0.2) is 20.5 Å². The zero-order valence-electron chi connectivity index (χ0n) is 17.4. The third-order valence-corrected chi connectivity index (χ3v) is 4.93. The van der Waals surface area contributed by atoms with Crippen molar-refractivity contribution in [2.24, 2.45) is 0 Å². The van der Waals surface area contributed by atoms with Crippen LogP contribution in [0.15, 0.2) is 72.9 Å². The highest BCUT2D eigenvalue weighted by Crippen LogP contribution is 2.23. The normalized spacial score (nSPS) is 11.4. The molecule has 4 rings (SSSR count). The smallest absolute Gasteiger partial charge is 0.256 e. The number of benzene rings is 2. The number of amides is 1. The van der Waals surface area contributed by atoms with Crippen molar-refractivity contribution in [3.8, 4) is 0 Å². The zero-order valence-corrected chi connectivity index (χ0v) is 17.4. The van der Waals surface area contributed by atoms with Crippen molar-refractivity contribution in [2.75, 3.05) is 10.6 Å². The molecule has 0 spiro atoms. The Balaban J connectivity index is 1.54. The van der Waals surface area contributed by atoms with E-state index in [1.807, 2.05) is 48.5 Å². The average Bonchev–Trinajstić information content (AvgIpc) is 3.21. The van der Waals surface area contributed by atoms with Gasteiger partial charge in [0.15, 0.2) is 5.65 Å². The number of carbonyl (C=O) groups excluding carboxylic acids is 1. The minimum atomic E-state index is -0.194. The molecule has 30 heavy (non-hydrogen) atoms. The Morgan fingerprint density at radius 3 is 2.43 bits per heavy atom. The molecule has 2 aromatic heterocycles. The van der Waals surface area contributed by atoms with Gasteiger partial charge in [-0.3, -0.25) is 4.79 Å². The fourth-order valence-corrected chi connectivity index (χ4v) is 3.20. The van der Waals surface area contributed by atoms with Crippen molar-refractivity contribution in [3.05, 3.63) is 89.6 Å². The molecule has 0 bridgehead atoms. The minimum Gasteiger partial charge on any atom is -0.366 e. The third kappa shape index (κ3) is 4.33. The maximum absolute atomic E-state index is 12.7. The van der Waals surface area contributed by atoms with Gasteiger partial charge in [0.1, 0.15) is 11.6 Å². The van der Waals surface area contributed by atoms with Crippen LogP contribution in [-0.2, 0) is 12.0 Å². The van der Waals surface area contributed by atoms with Gasteiger partial charge >= 0.3 is 0 Å². The maximum atomic E-state index is 12.7. The molecule has 2 aromatic carbocycles. The molecule has 6 nitrogen and oxygen atoms in total. The van der Waals surface area contributed by atoms with Crippen molar-refractivity contribution in [1.82, 2.24) is 14.6 Å². The van der Waals surface area contributed by atoms with Crippen LogP contribution in [0.2, 0.25) is 0 Å². The van der Waals surface area contributed by atoms with E-state index in [1.165, 1.54) is 5.56 Å². The van der Waals surface area contributed by atoms with Gasteiger partial charge in [0.2, 0.25) is 0 Å². The third-order valence-electron chi connectivity index (χ3n) is 4.93. The lowest BCUT2D eigenvalue weighted by molar-refractivity contribution is 0.102. The summed E-state index contributed by atoms with van der Waals surface area (Å²) in [7, 11) is 0. The van der Waals surface area contributed by atoms with Crippen molar-refractivity contribution in [1.29, 1.82) is 0 Å². The van der Waals surface area contributed by atoms with Crippen LogP contribution in [0.3, 0.4) is 0 Å². The molecule has 4 aromatic rings. The second-order valence-electron chi connectivity index (χ2n) is 8.25. The zero-order chi connectivity index (χ0) is 21.1. The number of hydrogen-bond donors (Lipinski definition) is 2. The predicted molar refractivity (Wildman–Crippen MR) is 120 cm³/mol. The number of hydrogen-bond acceptors (Lipinski definition) is 4. The highest BCUT2D eigenvalue weighted by atomic mass is 16.1. The first-order chi connectivity index (χ1) is 14.4. The highest BCUT2D eigenvalue weighted by molar-refractivity contribution is 6.04. The molecule has 0 atom stereocenters. The van der Waals surface area contributed by atoms with E-state index >= 15 is 0 Å². The van der Waals surface area contributed by atoms with Gasteiger partial charge < -0.3 is 10.6 Å². The summed E-state index contributed by atoms with van der Waals surface area (Å²) in [6.45, 7) is 7.09. The van der Waals surface area contributed by atoms with E-state index < -0.39 is 0 Å². The standard InChI is InChI=1S/C24H25N5O/c1-24(2,3)19-11-9-18(10-12-19)23(30)28-20-15-22(29-21(27-20)13-14-26-29)25-16-17-7-5-4-6-8-17/h4-15,25H,16H2,1-3H3,(H,27,28,30). The molecule has 0 aliphatic carbocycles. The van der Waals surface area contributed by atoms with E-state index in [0.717, 1.165) is 11.4 Å². The maximum Gasteiger partial charge on any atom is 0.256 e. The van der Waals surface area contributed by atoms with Crippen LogP contribution < -0.4 is 10.6 Å². The average molecular weight is 399 g/mol. The van der Waals surface area contributed by atoms with Gasteiger partial charge in [-0.05, 0) is 28.7 Å². The van der Waals surface area contributed by atoms with Crippen LogP contribution in [0.1, 0.15) is 42.3 Å². The summed E-state index contributed by atoms with van der Waals surface area (Å²) in [6, 6.07) is 21.4. The molecule has 2 N–H and O–H groups in total. The van der Waals surface area contributed by atoms with Crippen molar-refractivity contribution < 1.29 is 4.79 Å². The summed E-state index contributed by atoms with van der Waals surface area (Å²) >= 11 is 0. The lowest BCUT2D eigenvalue weighted by Crippen LogP contribution is -2.16. The molecule has 152 valence electrons. The number of aromatic nitrogens is 3. The molecule has 0 saturated carbocycles. The second kappa shape index (κ2) is 7.99. The molecule has 6 heteroatoms. The number of nitrogens with one attached hydrogen (secondary N) is 2. The molecule has 0 aliphatic heterocycles. The fraction of sp³-hybridized carbons (Fsp3) is 0.208. The van der Waals surface area contributed by atoms with Crippen molar-refractivity contribution in [2.45, 2.75) is 32.7 Å². The molecular weight excluding hydrogens is 374 g/mol. The van der Waals surface area contributed by atoms with E-state index in [4.69, 9.17) is 0 Å². The summed E-state index contributed by atoms with van der Waals surface area (Å²) < 4.78 is 1.72. The van der Waals surface area contributed by atoms with Gasteiger partial charge in [0, 0.05) is 24.2 Å². The Hall–Kier alpha value is -3.67. The number of fused-ring (bicyclic) bond motifs is 1. The van der Waals surface area contributed by atoms with Crippen LogP contribution in [0.5, 0.6) is 0 Å². The molecule has 0 saturated heterocycles. The van der Waals surface area contributed by atoms with E-state index in [9.17, 15) is 4.79 Å². The lowest BCUT2D eigenvalue weighted by atomic mass is 9.87. The van der Waals surface area contributed by atoms with Gasteiger partial charge in [-0.15, -0.1) is 0 Å². The summed E-state index contributed by atoms with van der Waals surface area (Å²) in [4.78, 5) is 17.2. The molecule has 0 aliphatic rings. The summed E-state index contributed by atoms with van der Waals surface area (Å²) in [5, 5.41) is 10.6. The number of rotatable bonds is 5. The van der Waals surface area contributed by atoms with Crippen LogP contribution in [0.4, 0.5) is 11.6 Å². The second-order valence-corrected chi connectivity index (χ2v) is 8.25. The first-order valence-corrected chi connectivity index (χ1v) is 9.95. The molecule has 0 unspecified atom stereocenters. The summed E-state index contributed by atoms with van der Waals surface area (Å²) in [5.41, 5.74) is 3.64. The molecule has 2 heterocycles. The van der Waals surface area contributed by atoms with Gasteiger partial charge in [0.05, 0.1) is 6.20 Å². The van der Waals surface area contributed by atoms with Gasteiger partial charge in [-0.1, -0.05) is 63.2 Å². The largest absolute Gasteiger partial charge is 0.366 e. The minimum absolute atomic E-state index is 0.0446. The van der Waals surface area contributed by atoms with Crippen LogP contribution >= 0.6 is 0 Å². The summed E-state index contributed by atoms with van der Waals surface area (Å²) in [5.74, 6) is 1.04. The number of anilines is 2. The van der Waals surface area contributed by atoms with Crippen LogP contribution in [0.25, 0.3) is 5.65 Å². The molecule has 0 radical (unpaired) electrons. The van der Waals surface area contributed by atoms with Crippen LogP contribution in [0, 0.1) is 0 Å². The Bertz CT molecular complexity index is 1160. The predicted octanol–water partition coefficient (Wildman–Crippen LogP) is 4.89. The number of nitrogens with zero attached hydrogens (tertiary/aromatic N) is 3. The monoisotopic (exact) mass is 399 g/mol. The highest BCUT2D eigenvalue weighted by Gasteiger charge is 2.15. The Kier molecular flexibility index (Phi) is 5.23. The Morgan fingerprint density at radius 2 is 1.73 bits per heavy atom. The van der Waals surface area contributed by atoms with Gasteiger partial charge in [-0.25, -0.2) is 4.98 Å². The first-order valence-electron chi connectivity index (χ1n) is 9.95. The Labute approximate surface area is 176 Å². The van der Waals surface area contributed by atoms with Gasteiger partial charge in [-0.2, -0.15) is 9.61 Å². The molecule has 1 amide bonds. The topological polar surface area (TPSA) is 71.3 Å². The number of carbonyl (C=O) groups is 1. The quantitative estimate of drug-likeness (QED) is 0.501.